The Morgan fingerprint density at radius 3 is 2.73 bits per heavy atom. The van der Waals surface area contributed by atoms with Crippen LogP contribution in [0.3, 0.4) is 0 Å². The Labute approximate surface area is 91.2 Å². The fraction of sp³-hybridized carbons (Fsp3) is 0.909. The van der Waals surface area contributed by atoms with Gasteiger partial charge in [-0.1, -0.05) is 13.8 Å². The second kappa shape index (κ2) is 4.49. The Hall–Kier alpha value is -0.610. The Balaban J connectivity index is 2.65. The molecule has 1 rings (SSSR count). The molecule has 0 aliphatic carbocycles. The lowest BCUT2D eigenvalue weighted by molar-refractivity contribution is -0.142. The number of likely N-dealkylation sites (tertiary alicyclic amines) is 1. The number of hydrogen-bond acceptors (Lipinski definition) is 3. The van der Waals surface area contributed by atoms with Crippen molar-refractivity contribution in [3.63, 3.8) is 0 Å². The number of carboxylic acid groups (broad SMARTS) is 1. The van der Waals surface area contributed by atoms with Gasteiger partial charge in [0.1, 0.15) is 6.04 Å². The van der Waals surface area contributed by atoms with Gasteiger partial charge in [0.05, 0.1) is 6.61 Å². The van der Waals surface area contributed by atoms with Crippen LogP contribution in [-0.2, 0) is 9.53 Å². The first-order valence-electron chi connectivity index (χ1n) is 5.34. The van der Waals surface area contributed by atoms with Crippen LogP contribution in [-0.4, -0.2) is 48.8 Å². The fourth-order valence-corrected chi connectivity index (χ4v) is 2.18. The molecule has 1 heterocycles. The van der Waals surface area contributed by atoms with Crippen molar-refractivity contribution in [3.8, 4) is 0 Å². The molecular weight excluding hydrogens is 194 g/mol. The zero-order valence-electron chi connectivity index (χ0n) is 9.99. The van der Waals surface area contributed by atoms with Crippen LogP contribution in [0.25, 0.3) is 0 Å². The highest BCUT2D eigenvalue weighted by Crippen LogP contribution is 2.36. The maximum atomic E-state index is 10.9. The van der Waals surface area contributed by atoms with Crippen LogP contribution in [0.1, 0.15) is 20.8 Å². The zero-order valence-corrected chi connectivity index (χ0v) is 9.99. The van der Waals surface area contributed by atoms with E-state index >= 15 is 0 Å². The number of carbonyl (C=O) groups is 1. The summed E-state index contributed by atoms with van der Waals surface area (Å²) in [4.78, 5) is 12.9. The molecule has 4 nitrogen and oxygen atoms in total. The molecular formula is C11H21NO3. The minimum Gasteiger partial charge on any atom is -0.480 e. The number of ether oxygens (including phenoxy) is 1. The molecule has 1 saturated heterocycles. The number of methoxy groups -OCH3 is 1. The van der Waals surface area contributed by atoms with Gasteiger partial charge in [-0.25, -0.2) is 0 Å². The molecule has 4 heteroatoms. The van der Waals surface area contributed by atoms with E-state index in [0.717, 1.165) is 13.1 Å². The Morgan fingerprint density at radius 1 is 1.67 bits per heavy atom. The van der Waals surface area contributed by atoms with Crippen LogP contribution in [0.4, 0.5) is 0 Å². The molecule has 0 amide bonds. The van der Waals surface area contributed by atoms with E-state index in [2.05, 4.69) is 13.8 Å². The molecule has 2 atom stereocenters. The minimum absolute atomic E-state index is 0.139. The Kier molecular flexibility index (Phi) is 3.73. The van der Waals surface area contributed by atoms with Gasteiger partial charge >= 0.3 is 5.97 Å². The summed E-state index contributed by atoms with van der Waals surface area (Å²) in [5, 5.41) is 8.96. The van der Waals surface area contributed by atoms with Crippen molar-refractivity contribution < 1.29 is 14.6 Å². The molecule has 0 saturated carbocycles. The van der Waals surface area contributed by atoms with Crippen molar-refractivity contribution >= 4 is 5.97 Å². The van der Waals surface area contributed by atoms with Crippen LogP contribution in [0.5, 0.6) is 0 Å². The number of aliphatic carboxylic acids is 1. The van der Waals surface area contributed by atoms with E-state index < -0.39 is 12.0 Å². The fourth-order valence-electron chi connectivity index (χ4n) is 2.18. The van der Waals surface area contributed by atoms with Gasteiger partial charge in [-0.3, -0.25) is 9.69 Å². The van der Waals surface area contributed by atoms with Gasteiger partial charge in [0, 0.05) is 26.1 Å². The van der Waals surface area contributed by atoms with E-state index in [9.17, 15) is 4.79 Å². The second-order valence-corrected chi connectivity index (χ2v) is 5.08. The van der Waals surface area contributed by atoms with E-state index in [0.29, 0.717) is 12.5 Å². The van der Waals surface area contributed by atoms with Crippen LogP contribution in [0.2, 0.25) is 0 Å². The molecule has 1 aliphatic heterocycles. The lowest BCUT2D eigenvalue weighted by atomic mass is 9.83. The molecule has 0 radical (unpaired) electrons. The van der Waals surface area contributed by atoms with Crippen molar-refractivity contribution in [2.24, 2.45) is 11.3 Å². The summed E-state index contributed by atoms with van der Waals surface area (Å²) in [5.74, 6) is -0.326. The molecule has 1 aliphatic rings. The van der Waals surface area contributed by atoms with Crippen molar-refractivity contribution in [2.45, 2.75) is 26.8 Å². The number of rotatable bonds is 4. The molecule has 0 bridgehead atoms. The van der Waals surface area contributed by atoms with E-state index in [1.165, 1.54) is 0 Å². The van der Waals surface area contributed by atoms with E-state index in [4.69, 9.17) is 9.84 Å². The maximum absolute atomic E-state index is 10.9. The van der Waals surface area contributed by atoms with Gasteiger partial charge in [-0.15, -0.1) is 0 Å². The van der Waals surface area contributed by atoms with E-state index in [1.807, 2.05) is 4.90 Å². The predicted octanol–water partition coefficient (Wildman–Crippen LogP) is 1.06. The number of nitrogens with zero attached hydrogens (tertiary/aromatic N) is 1. The first-order valence-corrected chi connectivity index (χ1v) is 5.34. The van der Waals surface area contributed by atoms with E-state index in [1.54, 1.807) is 14.0 Å². The first kappa shape index (κ1) is 12.5. The van der Waals surface area contributed by atoms with Gasteiger partial charge in [-0.2, -0.15) is 0 Å². The standard InChI is InChI=1S/C11H21NO3/c1-8(10(13)14)12-5-9(6-15-4)11(2,3)7-12/h8-9H,5-7H2,1-4H3,(H,13,14)/t8-,9-/m0/s1. The van der Waals surface area contributed by atoms with Gasteiger partial charge < -0.3 is 9.84 Å². The third kappa shape index (κ3) is 2.69. The van der Waals surface area contributed by atoms with Crippen LogP contribution in [0.15, 0.2) is 0 Å². The second-order valence-electron chi connectivity index (χ2n) is 5.08. The quantitative estimate of drug-likeness (QED) is 0.762. The van der Waals surface area contributed by atoms with Gasteiger partial charge in [0.2, 0.25) is 0 Å². The normalized spacial score (nSPS) is 27.9. The van der Waals surface area contributed by atoms with Crippen LogP contribution >= 0.6 is 0 Å². The van der Waals surface area contributed by atoms with Crippen molar-refractivity contribution in [1.29, 1.82) is 0 Å². The van der Waals surface area contributed by atoms with Gasteiger partial charge in [0.15, 0.2) is 0 Å². The summed E-state index contributed by atoms with van der Waals surface area (Å²) in [7, 11) is 1.69. The summed E-state index contributed by atoms with van der Waals surface area (Å²) < 4.78 is 5.18. The highest BCUT2D eigenvalue weighted by atomic mass is 16.5. The topological polar surface area (TPSA) is 49.8 Å². The summed E-state index contributed by atoms with van der Waals surface area (Å²) in [6, 6.07) is -0.397. The largest absolute Gasteiger partial charge is 0.480 e. The lowest BCUT2D eigenvalue weighted by Crippen LogP contribution is -2.38. The Bertz CT molecular complexity index is 240. The summed E-state index contributed by atoms with van der Waals surface area (Å²) >= 11 is 0. The third-order valence-corrected chi connectivity index (χ3v) is 3.44. The third-order valence-electron chi connectivity index (χ3n) is 3.44. The van der Waals surface area contributed by atoms with Crippen molar-refractivity contribution in [3.05, 3.63) is 0 Å². The molecule has 0 spiro atoms. The lowest BCUT2D eigenvalue weighted by Gasteiger charge is -2.25. The molecule has 1 N–H and O–H groups in total. The minimum atomic E-state index is -0.746. The average Bonchev–Trinajstić information content (AvgIpc) is 2.41. The SMILES string of the molecule is COC[C@@H]1CN([C@@H](C)C(=O)O)CC1(C)C. The molecule has 88 valence electrons. The van der Waals surface area contributed by atoms with Gasteiger partial charge in [-0.05, 0) is 12.3 Å². The predicted molar refractivity (Wildman–Crippen MR) is 57.8 cm³/mol. The monoisotopic (exact) mass is 215 g/mol. The first-order chi connectivity index (χ1) is 6.88. The highest BCUT2D eigenvalue weighted by Gasteiger charge is 2.41. The van der Waals surface area contributed by atoms with Crippen LogP contribution < -0.4 is 0 Å². The highest BCUT2D eigenvalue weighted by molar-refractivity contribution is 5.72. The molecule has 0 aromatic carbocycles. The van der Waals surface area contributed by atoms with Crippen molar-refractivity contribution in [1.82, 2.24) is 4.90 Å². The molecule has 15 heavy (non-hydrogen) atoms. The average molecular weight is 215 g/mol. The molecule has 1 fully saturated rings. The van der Waals surface area contributed by atoms with Crippen molar-refractivity contribution in [2.75, 3.05) is 26.8 Å². The Morgan fingerprint density at radius 2 is 2.27 bits per heavy atom. The zero-order chi connectivity index (χ0) is 11.6. The van der Waals surface area contributed by atoms with E-state index in [-0.39, 0.29) is 5.41 Å². The molecule has 0 unspecified atom stereocenters. The molecule has 0 aromatic heterocycles. The summed E-state index contributed by atoms with van der Waals surface area (Å²) in [5.41, 5.74) is 0.139. The number of carboxylic acids is 1. The summed E-state index contributed by atoms with van der Waals surface area (Å²) in [6.07, 6.45) is 0. The number of hydrogen-bond donors (Lipinski definition) is 1. The van der Waals surface area contributed by atoms with Crippen LogP contribution in [0, 0.1) is 11.3 Å². The van der Waals surface area contributed by atoms with Gasteiger partial charge in [0.25, 0.3) is 0 Å². The maximum Gasteiger partial charge on any atom is 0.320 e. The molecule has 0 aromatic rings. The summed E-state index contributed by atoms with van der Waals surface area (Å²) in [6.45, 7) is 8.43. The smallest absolute Gasteiger partial charge is 0.320 e.